The van der Waals surface area contributed by atoms with E-state index < -0.39 is 17.8 Å². The first-order chi connectivity index (χ1) is 11.9. The summed E-state index contributed by atoms with van der Waals surface area (Å²) in [4.78, 5) is 41.7. The van der Waals surface area contributed by atoms with Crippen LogP contribution in [-0.4, -0.2) is 22.8 Å². The van der Waals surface area contributed by atoms with Crippen LogP contribution < -0.4 is 0 Å². The Hall–Kier alpha value is -3.46. The molecule has 1 aliphatic heterocycles. The van der Waals surface area contributed by atoms with Gasteiger partial charge in [-0.1, -0.05) is 17.2 Å². The molecule has 0 unspecified atom stereocenters. The van der Waals surface area contributed by atoms with Crippen molar-refractivity contribution in [1.82, 2.24) is 5.06 Å². The highest BCUT2D eigenvalue weighted by atomic mass is 16.7. The molecular weight excluding hydrogens is 320 g/mol. The number of rotatable bonds is 3. The average molecular weight is 334 g/mol. The molecule has 3 rings (SSSR count). The second-order valence-electron chi connectivity index (χ2n) is 5.79. The van der Waals surface area contributed by atoms with Crippen LogP contribution in [0, 0.1) is 25.2 Å². The van der Waals surface area contributed by atoms with Crippen LogP contribution in [0.3, 0.4) is 0 Å². The summed E-state index contributed by atoms with van der Waals surface area (Å²) < 4.78 is 0. The first-order valence-electron chi connectivity index (χ1n) is 7.61. The number of hydrogen-bond acceptors (Lipinski definition) is 5. The molecule has 0 aromatic heterocycles. The Bertz CT molecular complexity index is 898. The van der Waals surface area contributed by atoms with E-state index in [0.29, 0.717) is 16.2 Å². The summed E-state index contributed by atoms with van der Waals surface area (Å²) in [6.07, 6.45) is -0.100. The first-order valence-corrected chi connectivity index (χ1v) is 7.61. The number of imide groups is 1. The van der Waals surface area contributed by atoms with Crippen LogP contribution in [0.15, 0.2) is 36.4 Å². The van der Waals surface area contributed by atoms with Crippen LogP contribution in [0.5, 0.6) is 0 Å². The van der Waals surface area contributed by atoms with Crippen molar-refractivity contribution in [2.24, 2.45) is 0 Å². The molecule has 124 valence electrons. The monoisotopic (exact) mass is 334 g/mol. The molecule has 0 bridgehead atoms. The summed E-state index contributed by atoms with van der Waals surface area (Å²) in [6.45, 7) is 3.58. The Labute approximate surface area is 144 Å². The lowest BCUT2D eigenvalue weighted by Gasteiger charge is -2.14. The van der Waals surface area contributed by atoms with E-state index in [-0.39, 0.29) is 17.5 Å². The summed E-state index contributed by atoms with van der Waals surface area (Å²) in [7, 11) is 0. The SMILES string of the molecule is Cc1cc(C#N)cc(C)c1CC(=O)ON1C(=O)c2ccccc2C1=O. The molecule has 2 aromatic carbocycles. The number of hydrogen-bond donors (Lipinski definition) is 0. The smallest absolute Gasteiger partial charge is 0.329 e. The van der Waals surface area contributed by atoms with Gasteiger partial charge in [-0.2, -0.15) is 5.26 Å². The number of carbonyl (C=O) groups is 3. The van der Waals surface area contributed by atoms with Crippen molar-refractivity contribution in [2.45, 2.75) is 20.3 Å². The zero-order chi connectivity index (χ0) is 18.1. The minimum Gasteiger partial charge on any atom is -0.329 e. The normalized spacial score (nSPS) is 12.8. The van der Waals surface area contributed by atoms with Gasteiger partial charge in [-0.05, 0) is 54.8 Å². The summed E-state index contributed by atoms with van der Waals surface area (Å²) in [5.74, 6) is -2.02. The molecule has 1 heterocycles. The topological polar surface area (TPSA) is 87.5 Å². The van der Waals surface area contributed by atoms with E-state index in [1.165, 1.54) is 12.1 Å². The largest absolute Gasteiger partial charge is 0.337 e. The van der Waals surface area contributed by atoms with E-state index in [1.54, 1.807) is 38.1 Å². The third-order valence-electron chi connectivity index (χ3n) is 4.10. The maximum Gasteiger partial charge on any atom is 0.337 e. The number of carbonyl (C=O) groups excluding carboxylic acids is 3. The van der Waals surface area contributed by atoms with Gasteiger partial charge in [0.25, 0.3) is 11.8 Å². The number of benzene rings is 2. The van der Waals surface area contributed by atoms with Crippen molar-refractivity contribution in [3.8, 4) is 6.07 Å². The summed E-state index contributed by atoms with van der Waals surface area (Å²) >= 11 is 0. The summed E-state index contributed by atoms with van der Waals surface area (Å²) in [5, 5.41) is 9.47. The molecule has 0 spiro atoms. The Balaban J connectivity index is 1.78. The molecule has 0 fully saturated rings. The van der Waals surface area contributed by atoms with Crippen LogP contribution in [-0.2, 0) is 16.1 Å². The number of nitrogens with zero attached hydrogens (tertiary/aromatic N) is 2. The lowest BCUT2D eigenvalue weighted by atomic mass is 9.97. The van der Waals surface area contributed by atoms with Gasteiger partial charge in [-0.25, -0.2) is 4.79 Å². The fraction of sp³-hybridized carbons (Fsp3) is 0.158. The Morgan fingerprint density at radius 3 is 2.08 bits per heavy atom. The molecule has 0 atom stereocenters. The van der Waals surface area contributed by atoms with Gasteiger partial charge in [0.05, 0.1) is 29.2 Å². The Morgan fingerprint density at radius 2 is 1.60 bits per heavy atom. The van der Waals surface area contributed by atoms with E-state index in [9.17, 15) is 14.4 Å². The molecule has 25 heavy (non-hydrogen) atoms. The second-order valence-corrected chi connectivity index (χ2v) is 5.79. The molecule has 6 heteroatoms. The highest BCUT2D eigenvalue weighted by molar-refractivity contribution is 6.20. The molecule has 0 saturated heterocycles. The lowest BCUT2D eigenvalue weighted by molar-refractivity contribution is -0.167. The van der Waals surface area contributed by atoms with Gasteiger partial charge >= 0.3 is 5.97 Å². The predicted octanol–water partition coefficient (Wildman–Crippen LogP) is 2.47. The van der Waals surface area contributed by atoms with Gasteiger partial charge < -0.3 is 4.84 Å². The molecule has 6 nitrogen and oxygen atoms in total. The Morgan fingerprint density at radius 1 is 1.08 bits per heavy atom. The van der Waals surface area contributed by atoms with Crippen LogP contribution >= 0.6 is 0 Å². The number of fused-ring (bicyclic) bond motifs is 1. The number of amides is 2. The average Bonchev–Trinajstić information content (AvgIpc) is 2.83. The lowest BCUT2D eigenvalue weighted by Crippen LogP contribution is -2.33. The van der Waals surface area contributed by atoms with Gasteiger partial charge in [0, 0.05) is 0 Å². The Kier molecular flexibility index (Phi) is 4.07. The van der Waals surface area contributed by atoms with E-state index >= 15 is 0 Å². The van der Waals surface area contributed by atoms with Crippen molar-refractivity contribution in [3.05, 3.63) is 69.8 Å². The number of nitriles is 1. The van der Waals surface area contributed by atoms with E-state index in [1.807, 2.05) is 0 Å². The second kappa shape index (κ2) is 6.21. The maximum atomic E-state index is 12.2. The molecule has 0 radical (unpaired) electrons. The van der Waals surface area contributed by atoms with Crippen LogP contribution in [0.2, 0.25) is 0 Å². The summed E-state index contributed by atoms with van der Waals surface area (Å²) in [6, 6.07) is 11.7. The number of hydroxylamine groups is 2. The van der Waals surface area contributed by atoms with Crippen molar-refractivity contribution < 1.29 is 19.2 Å². The zero-order valence-corrected chi connectivity index (χ0v) is 13.7. The van der Waals surface area contributed by atoms with Crippen molar-refractivity contribution in [2.75, 3.05) is 0 Å². The van der Waals surface area contributed by atoms with E-state index in [2.05, 4.69) is 6.07 Å². The van der Waals surface area contributed by atoms with Crippen molar-refractivity contribution in [3.63, 3.8) is 0 Å². The third-order valence-corrected chi connectivity index (χ3v) is 4.10. The van der Waals surface area contributed by atoms with Crippen molar-refractivity contribution in [1.29, 1.82) is 5.26 Å². The first kappa shape index (κ1) is 16.4. The molecule has 2 aromatic rings. The summed E-state index contributed by atoms with van der Waals surface area (Å²) in [5.41, 5.74) is 3.19. The number of aryl methyl sites for hydroxylation is 2. The van der Waals surface area contributed by atoms with Gasteiger partial charge in [-0.15, -0.1) is 0 Å². The zero-order valence-electron chi connectivity index (χ0n) is 13.7. The van der Waals surface area contributed by atoms with Gasteiger partial charge in [0.15, 0.2) is 0 Å². The third kappa shape index (κ3) is 2.88. The van der Waals surface area contributed by atoms with Gasteiger partial charge in [0.1, 0.15) is 0 Å². The van der Waals surface area contributed by atoms with E-state index in [0.717, 1.165) is 11.1 Å². The highest BCUT2D eigenvalue weighted by Gasteiger charge is 2.38. The molecular formula is C19H14N2O4. The predicted molar refractivity (Wildman–Crippen MR) is 87.4 cm³/mol. The van der Waals surface area contributed by atoms with Crippen LogP contribution in [0.4, 0.5) is 0 Å². The highest BCUT2D eigenvalue weighted by Crippen LogP contribution is 2.23. The fourth-order valence-electron chi connectivity index (χ4n) is 2.87. The van der Waals surface area contributed by atoms with Gasteiger partial charge in [-0.3, -0.25) is 9.59 Å². The molecule has 1 aliphatic rings. The fourth-order valence-corrected chi connectivity index (χ4v) is 2.87. The quantitative estimate of drug-likeness (QED) is 0.805. The van der Waals surface area contributed by atoms with Gasteiger partial charge in [0.2, 0.25) is 0 Å². The minimum absolute atomic E-state index is 0.100. The van der Waals surface area contributed by atoms with E-state index in [4.69, 9.17) is 10.1 Å². The van der Waals surface area contributed by atoms with Crippen LogP contribution in [0.25, 0.3) is 0 Å². The molecule has 0 N–H and O–H groups in total. The molecule has 0 aliphatic carbocycles. The molecule has 0 saturated carbocycles. The van der Waals surface area contributed by atoms with Crippen LogP contribution in [0.1, 0.15) is 43.0 Å². The maximum absolute atomic E-state index is 12.2. The standard InChI is InChI=1S/C19H14N2O4/c1-11-7-13(10-20)8-12(2)16(11)9-17(22)25-21-18(23)14-5-3-4-6-15(14)19(21)24/h3-8H,9H2,1-2H3. The molecule has 2 amide bonds. The minimum atomic E-state index is -0.717. The van der Waals surface area contributed by atoms with Crippen molar-refractivity contribution >= 4 is 17.8 Å².